The maximum atomic E-state index is 12.2. The molecule has 0 aliphatic heterocycles. The van der Waals surface area contributed by atoms with Gasteiger partial charge in [-0.15, -0.1) is 0 Å². The van der Waals surface area contributed by atoms with Gasteiger partial charge in [0.05, 0.1) is 34.5 Å². The molecule has 8 heteroatoms. The summed E-state index contributed by atoms with van der Waals surface area (Å²) in [5.74, 6) is -0.593. The smallest absolute Gasteiger partial charge is 0.271 e. The average molecular weight is 386 g/mol. The van der Waals surface area contributed by atoms with Crippen LogP contribution in [0, 0.1) is 0 Å². The largest absolute Gasteiger partial charge is 0.351 e. The second-order valence-electron chi connectivity index (χ2n) is 6.35. The van der Waals surface area contributed by atoms with Crippen molar-refractivity contribution in [1.82, 2.24) is 30.6 Å². The molecule has 0 saturated carbocycles. The van der Waals surface area contributed by atoms with Crippen LogP contribution in [-0.4, -0.2) is 44.8 Å². The van der Waals surface area contributed by atoms with Gasteiger partial charge in [0.15, 0.2) is 0 Å². The molecule has 4 rings (SSSR count). The van der Waals surface area contributed by atoms with E-state index in [0.29, 0.717) is 30.5 Å². The second-order valence-corrected chi connectivity index (χ2v) is 6.35. The van der Waals surface area contributed by atoms with Gasteiger partial charge < -0.3 is 10.6 Å². The number of benzene rings is 2. The van der Waals surface area contributed by atoms with Crippen molar-refractivity contribution in [2.24, 2.45) is 0 Å². The Hall–Kier alpha value is -3.94. The number of nitrogens with zero attached hydrogens (tertiary/aromatic N) is 4. The third kappa shape index (κ3) is 4.32. The number of carbonyl (C=O) groups is 2. The van der Waals surface area contributed by atoms with Gasteiger partial charge in [-0.2, -0.15) is 0 Å². The fraction of sp³-hybridized carbons (Fsp3) is 0.143. The highest BCUT2D eigenvalue weighted by Crippen LogP contribution is 2.09. The van der Waals surface area contributed by atoms with E-state index in [9.17, 15) is 9.59 Å². The number of hydrogen-bond acceptors (Lipinski definition) is 6. The summed E-state index contributed by atoms with van der Waals surface area (Å²) < 4.78 is 0. The Kier molecular flexibility index (Phi) is 5.33. The van der Waals surface area contributed by atoms with Crippen LogP contribution in [0.4, 0.5) is 0 Å². The molecular formula is C21H18N6O2. The summed E-state index contributed by atoms with van der Waals surface area (Å²) in [5, 5.41) is 5.56. The molecule has 0 saturated heterocycles. The predicted octanol–water partition coefficient (Wildman–Crippen LogP) is 2.12. The van der Waals surface area contributed by atoms with E-state index < -0.39 is 0 Å². The topological polar surface area (TPSA) is 110 Å². The van der Waals surface area contributed by atoms with Crippen molar-refractivity contribution in [2.75, 3.05) is 13.1 Å². The Morgan fingerprint density at radius 2 is 1.07 bits per heavy atom. The van der Waals surface area contributed by atoms with Crippen LogP contribution in [0.2, 0.25) is 0 Å². The molecule has 0 bridgehead atoms. The van der Waals surface area contributed by atoms with Crippen molar-refractivity contribution in [1.29, 1.82) is 0 Å². The van der Waals surface area contributed by atoms with Crippen LogP contribution in [0.15, 0.2) is 60.9 Å². The molecular weight excluding hydrogens is 368 g/mol. The molecule has 2 amide bonds. The molecule has 2 aromatic heterocycles. The van der Waals surface area contributed by atoms with Crippen LogP contribution in [-0.2, 0) is 0 Å². The molecule has 0 spiro atoms. The molecule has 0 aliphatic rings. The van der Waals surface area contributed by atoms with Gasteiger partial charge in [-0.05, 0) is 30.7 Å². The first-order valence-electron chi connectivity index (χ1n) is 9.21. The fourth-order valence-corrected chi connectivity index (χ4v) is 2.81. The Morgan fingerprint density at radius 3 is 1.52 bits per heavy atom. The van der Waals surface area contributed by atoms with E-state index in [2.05, 4.69) is 30.6 Å². The zero-order valence-electron chi connectivity index (χ0n) is 15.5. The number of fused-ring (bicyclic) bond motifs is 2. The number of amides is 2. The summed E-state index contributed by atoms with van der Waals surface area (Å²) in [6.45, 7) is 0.800. The third-order valence-corrected chi connectivity index (χ3v) is 4.29. The minimum absolute atomic E-state index is 0.263. The van der Waals surface area contributed by atoms with Gasteiger partial charge in [0.25, 0.3) is 11.8 Å². The third-order valence-electron chi connectivity index (χ3n) is 4.29. The van der Waals surface area contributed by atoms with E-state index in [1.165, 1.54) is 12.4 Å². The molecule has 2 heterocycles. The number of nitrogens with one attached hydrogen (secondary N) is 2. The van der Waals surface area contributed by atoms with Crippen LogP contribution in [0.1, 0.15) is 27.4 Å². The van der Waals surface area contributed by atoms with Gasteiger partial charge >= 0.3 is 0 Å². The van der Waals surface area contributed by atoms with Crippen molar-refractivity contribution in [3.63, 3.8) is 0 Å². The summed E-state index contributed by atoms with van der Waals surface area (Å²) in [7, 11) is 0. The SMILES string of the molecule is O=C(NCCCNC(=O)c1cnc2ccccc2n1)c1cnc2ccccc2n1. The van der Waals surface area contributed by atoms with Gasteiger partial charge in [0.1, 0.15) is 11.4 Å². The first-order chi connectivity index (χ1) is 14.2. The highest BCUT2D eigenvalue weighted by molar-refractivity contribution is 5.94. The van der Waals surface area contributed by atoms with Crippen molar-refractivity contribution in [2.45, 2.75) is 6.42 Å². The summed E-state index contributed by atoms with van der Waals surface area (Å²) >= 11 is 0. The lowest BCUT2D eigenvalue weighted by Gasteiger charge is -2.07. The van der Waals surface area contributed by atoms with Crippen molar-refractivity contribution in [3.05, 3.63) is 72.3 Å². The Labute approximate surface area is 166 Å². The maximum Gasteiger partial charge on any atom is 0.271 e. The molecule has 8 nitrogen and oxygen atoms in total. The summed E-state index contributed by atoms with van der Waals surface area (Å²) in [6, 6.07) is 14.7. The zero-order chi connectivity index (χ0) is 20.1. The van der Waals surface area contributed by atoms with E-state index >= 15 is 0 Å². The number of hydrogen-bond donors (Lipinski definition) is 2. The van der Waals surface area contributed by atoms with Crippen LogP contribution in [0.25, 0.3) is 22.1 Å². The molecule has 0 atom stereocenters. The summed E-state index contributed by atoms with van der Waals surface area (Å²) in [6.07, 6.45) is 3.48. The van der Waals surface area contributed by atoms with E-state index in [4.69, 9.17) is 0 Å². The summed E-state index contributed by atoms with van der Waals surface area (Å²) in [5.41, 5.74) is 3.35. The molecule has 4 aromatic rings. The minimum Gasteiger partial charge on any atom is -0.351 e. The molecule has 0 aliphatic carbocycles. The average Bonchev–Trinajstić information content (AvgIpc) is 2.77. The molecule has 2 N–H and O–H groups in total. The molecule has 0 radical (unpaired) electrons. The van der Waals surface area contributed by atoms with Gasteiger partial charge in [0.2, 0.25) is 0 Å². The normalized spacial score (nSPS) is 10.8. The standard InChI is InChI=1S/C21H18N6O2/c28-20(18-12-24-14-6-1-3-8-16(14)26-18)22-10-5-11-23-21(29)19-13-25-15-7-2-4-9-17(15)27-19/h1-4,6-9,12-13H,5,10-11H2,(H,22,28)(H,23,29). The van der Waals surface area contributed by atoms with Crippen LogP contribution in [0.5, 0.6) is 0 Å². The van der Waals surface area contributed by atoms with Crippen LogP contribution < -0.4 is 10.6 Å². The second kappa shape index (κ2) is 8.39. The lowest BCUT2D eigenvalue weighted by molar-refractivity contribution is 0.0946. The number of para-hydroxylation sites is 4. The lowest BCUT2D eigenvalue weighted by atomic mass is 10.3. The molecule has 144 valence electrons. The van der Waals surface area contributed by atoms with Crippen molar-refractivity contribution < 1.29 is 9.59 Å². The highest BCUT2D eigenvalue weighted by atomic mass is 16.2. The first kappa shape index (κ1) is 18.4. The summed E-state index contributed by atoms with van der Waals surface area (Å²) in [4.78, 5) is 41.5. The van der Waals surface area contributed by atoms with E-state index in [0.717, 1.165) is 11.0 Å². The van der Waals surface area contributed by atoms with Gasteiger partial charge in [-0.1, -0.05) is 24.3 Å². The van der Waals surface area contributed by atoms with Crippen molar-refractivity contribution in [3.8, 4) is 0 Å². The Bertz CT molecular complexity index is 1100. The Morgan fingerprint density at radius 1 is 0.655 bits per heavy atom. The number of carbonyl (C=O) groups excluding carboxylic acids is 2. The first-order valence-corrected chi connectivity index (χ1v) is 9.21. The quantitative estimate of drug-likeness (QED) is 0.491. The van der Waals surface area contributed by atoms with E-state index in [-0.39, 0.29) is 23.2 Å². The Balaban J connectivity index is 1.25. The van der Waals surface area contributed by atoms with Gasteiger partial charge in [-0.25, -0.2) is 9.97 Å². The lowest BCUT2D eigenvalue weighted by Crippen LogP contribution is -2.30. The molecule has 29 heavy (non-hydrogen) atoms. The number of rotatable bonds is 6. The highest BCUT2D eigenvalue weighted by Gasteiger charge is 2.10. The molecule has 2 aromatic carbocycles. The fourth-order valence-electron chi connectivity index (χ4n) is 2.81. The van der Waals surface area contributed by atoms with Gasteiger partial charge in [0, 0.05) is 13.1 Å². The monoisotopic (exact) mass is 386 g/mol. The van der Waals surface area contributed by atoms with Crippen molar-refractivity contribution >= 4 is 33.9 Å². The van der Waals surface area contributed by atoms with E-state index in [1.54, 1.807) is 0 Å². The zero-order valence-corrected chi connectivity index (χ0v) is 15.5. The molecule has 0 unspecified atom stereocenters. The van der Waals surface area contributed by atoms with Gasteiger partial charge in [-0.3, -0.25) is 19.6 Å². The van der Waals surface area contributed by atoms with E-state index in [1.807, 2.05) is 48.5 Å². The minimum atomic E-state index is -0.296. The molecule has 0 fully saturated rings. The van der Waals surface area contributed by atoms with Crippen LogP contribution in [0.3, 0.4) is 0 Å². The maximum absolute atomic E-state index is 12.2. The number of aromatic nitrogens is 4. The van der Waals surface area contributed by atoms with Crippen LogP contribution >= 0.6 is 0 Å². The predicted molar refractivity (Wildman–Crippen MR) is 108 cm³/mol.